The molecule has 1 aliphatic heterocycles. The lowest BCUT2D eigenvalue weighted by molar-refractivity contribution is -0.0939. The first-order chi connectivity index (χ1) is 9.36. The second kappa shape index (κ2) is 4.84. The highest BCUT2D eigenvalue weighted by Crippen LogP contribution is 2.35. The van der Waals surface area contributed by atoms with E-state index in [-0.39, 0.29) is 0 Å². The molecule has 4 atom stereocenters. The quantitative estimate of drug-likeness (QED) is 0.438. The highest BCUT2D eigenvalue weighted by Gasteiger charge is 2.54. The molecule has 9 heteroatoms. The molecule has 0 amide bonds. The molecule has 0 aromatic carbocycles. The average Bonchev–Trinajstić information content (AvgIpc) is 2.68. The summed E-state index contributed by atoms with van der Waals surface area (Å²) in [5, 5.41) is 28.8. The van der Waals surface area contributed by atoms with E-state index in [1.165, 1.54) is 0 Å². The Labute approximate surface area is 111 Å². The van der Waals surface area contributed by atoms with Gasteiger partial charge in [0.25, 0.3) is 5.56 Å². The molecule has 2 heterocycles. The van der Waals surface area contributed by atoms with Crippen molar-refractivity contribution in [2.45, 2.75) is 24.0 Å². The van der Waals surface area contributed by atoms with Gasteiger partial charge in [0.2, 0.25) is 5.82 Å². The Bertz CT molecular complexity index is 677. The number of rotatable bonds is 2. The number of ether oxygens (including phenoxy) is 1. The Morgan fingerprint density at radius 3 is 2.70 bits per heavy atom. The fourth-order valence-electron chi connectivity index (χ4n) is 1.95. The number of aliphatic hydroxyl groups is 3. The number of hydrogen-bond donors (Lipinski definition) is 4. The summed E-state index contributed by atoms with van der Waals surface area (Å²) in [6.45, 7) is -0.821. The van der Waals surface area contributed by atoms with Crippen molar-refractivity contribution in [1.82, 2.24) is 9.55 Å². The summed E-state index contributed by atoms with van der Waals surface area (Å²) in [7, 11) is 0. The number of hydrogen-bond acceptors (Lipinski definition) is 6. The summed E-state index contributed by atoms with van der Waals surface area (Å²) >= 11 is 0. The van der Waals surface area contributed by atoms with Crippen LogP contribution in [0.1, 0.15) is 6.23 Å². The third-order valence-electron chi connectivity index (χ3n) is 3.10. The predicted octanol–water partition coefficient (Wildman–Crippen LogP) is -2.71. The van der Waals surface area contributed by atoms with Gasteiger partial charge in [-0.3, -0.25) is 14.3 Å². The third-order valence-corrected chi connectivity index (χ3v) is 3.10. The van der Waals surface area contributed by atoms with Crippen molar-refractivity contribution < 1.29 is 24.4 Å². The summed E-state index contributed by atoms with van der Waals surface area (Å²) in [5.41, 5.74) is -4.21. The molecule has 108 valence electrons. The predicted molar refractivity (Wildman–Crippen MR) is 62.1 cm³/mol. The van der Waals surface area contributed by atoms with Crippen LogP contribution in [0.5, 0.6) is 0 Å². The largest absolute Gasteiger partial charge is 0.392 e. The highest BCUT2D eigenvalue weighted by atomic mass is 19.1. The van der Waals surface area contributed by atoms with Gasteiger partial charge in [-0.1, -0.05) is 5.92 Å². The Morgan fingerprint density at radius 2 is 2.20 bits per heavy atom. The van der Waals surface area contributed by atoms with Gasteiger partial charge in [-0.25, -0.2) is 4.79 Å². The monoisotopic (exact) mass is 286 g/mol. The maximum atomic E-state index is 13.2. The fraction of sp³-hybridized carbons (Fsp3) is 0.455. The number of nitrogens with one attached hydrogen (secondary N) is 1. The topological polar surface area (TPSA) is 125 Å². The molecule has 0 saturated carbocycles. The standard InChI is InChI=1S/C11H11FN2O6/c1-2-11(4-15)7(17)6(16)9(20-11)14-3-5(12)8(18)13-10(14)19/h1,3,6-7,9,15-17H,4H2,(H,13,18,19). The van der Waals surface area contributed by atoms with Crippen LogP contribution in [0.25, 0.3) is 0 Å². The molecule has 1 aliphatic rings. The molecule has 4 unspecified atom stereocenters. The zero-order valence-electron chi connectivity index (χ0n) is 9.99. The maximum absolute atomic E-state index is 13.2. The zero-order chi connectivity index (χ0) is 15.1. The van der Waals surface area contributed by atoms with Crippen molar-refractivity contribution in [3.63, 3.8) is 0 Å². The maximum Gasteiger partial charge on any atom is 0.330 e. The minimum absolute atomic E-state index is 0.520. The van der Waals surface area contributed by atoms with E-state index in [0.717, 1.165) is 0 Å². The first-order valence-electron chi connectivity index (χ1n) is 5.50. The molecular weight excluding hydrogens is 275 g/mol. The van der Waals surface area contributed by atoms with E-state index in [2.05, 4.69) is 0 Å². The van der Waals surface area contributed by atoms with Crippen molar-refractivity contribution in [2.75, 3.05) is 6.61 Å². The SMILES string of the molecule is C#CC1(CO)OC(n2cc(F)c(=O)[nH]c2=O)C(O)C1O. The summed E-state index contributed by atoms with van der Waals surface area (Å²) in [4.78, 5) is 24.2. The molecule has 1 saturated heterocycles. The number of nitrogens with zero attached hydrogens (tertiary/aromatic N) is 1. The lowest BCUT2D eigenvalue weighted by Gasteiger charge is -2.23. The van der Waals surface area contributed by atoms with Gasteiger partial charge in [0.05, 0.1) is 12.8 Å². The Morgan fingerprint density at radius 1 is 1.55 bits per heavy atom. The lowest BCUT2D eigenvalue weighted by atomic mass is 9.97. The molecular formula is C11H11FN2O6. The molecule has 4 N–H and O–H groups in total. The number of aromatic amines is 1. The van der Waals surface area contributed by atoms with Crippen molar-refractivity contribution in [3.05, 3.63) is 32.9 Å². The van der Waals surface area contributed by atoms with Gasteiger partial charge < -0.3 is 20.1 Å². The molecule has 20 heavy (non-hydrogen) atoms. The second-order valence-corrected chi connectivity index (χ2v) is 4.28. The summed E-state index contributed by atoms with van der Waals surface area (Å²) in [5.74, 6) is 0.709. The van der Waals surface area contributed by atoms with Crippen molar-refractivity contribution in [3.8, 4) is 12.3 Å². The highest BCUT2D eigenvalue weighted by molar-refractivity contribution is 5.18. The molecule has 1 aromatic rings. The van der Waals surface area contributed by atoms with Crippen LogP contribution in [0.15, 0.2) is 15.8 Å². The van der Waals surface area contributed by atoms with E-state index < -0.39 is 47.7 Å². The minimum atomic E-state index is -1.92. The molecule has 0 bridgehead atoms. The molecule has 0 spiro atoms. The Balaban J connectivity index is 2.51. The van der Waals surface area contributed by atoms with E-state index in [9.17, 15) is 29.3 Å². The molecule has 0 radical (unpaired) electrons. The zero-order valence-corrected chi connectivity index (χ0v) is 9.99. The summed E-state index contributed by atoms with van der Waals surface area (Å²) < 4.78 is 18.9. The molecule has 1 fully saturated rings. The molecule has 0 aliphatic carbocycles. The fourth-order valence-corrected chi connectivity index (χ4v) is 1.95. The van der Waals surface area contributed by atoms with Crippen LogP contribution in [-0.2, 0) is 4.74 Å². The Hall–Kier alpha value is -1.99. The number of aromatic nitrogens is 2. The van der Waals surface area contributed by atoms with Gasteiger partial charge >= 0.3 is 5.69 Å². The lowest BCUT2D eigenvalue weighted by Crippen LogP contribution is -2.45. The van der Waals surface area contributed by atoms with E-state index in [4.69, 9.17) is 11.2 Å². The van der Waals surface area contributed by atoms with Crippen LogP contribution in [-0.4, -0.2) is 49.3 Å². The molecule has 2 rings (SSSR count). The van der Waals surface area contributed by atoms with Crippen LogP contribution in [0.3, 0.4) is 0 Å². The van der Waals surface area contributed by atoms with E-state index in [0.29, 0.717) is 10.8 Å². The number of H-pyrrole nitrogens is 1. The first kappa shape index (κ1) is 14.4. The van der Waals surface area contributed by atoms with E-state index >= 15 is 0 Å². The van der Waals surface area contributed by atoms with Gasteiger partial charge in [-0.2, -0.15) is 4.39 Å². The Kier molecular flexibility index (Phi) is 3.49. The van der Waals surface area contributed by atoms with Crippen molar-refractivity contribution >= 4 is 0 Å². The normalized spacial score (nSPS) is 33.0. The third kappa shape index (κ3) is 1.95. The van der Waals surface area contributed by atoms with Crippen LogP contribution in [0.4, 0.5) is 4.39 Å². The smallest absolute Gasteiger partial charge is 0.330 e. The second-order valence-electron chi connectivity index (χ2n) is 4.28. The van der Waals surface area contributed by atoms with Crippen LogP contribution >= 0.6 is 0 Å². The van der Waals surface area contributed by atoms with E-state index in [1.807, 2.05) is 5.92 Å². The van der Waals surface area contributed by atoms with Gasteiger partial charge in [-0.15, -0.1) is 6.42 Å². The van der Waals surface area contributed by atoms with Gasteiger partial charge in [0.1, 0.15) is 12.2 Å². The van der Waals surface area contributed by atoms with Crippen molar-refractivity contribution in [2.24, 2.45) is 0 Å². The number of halogens is 1. The molecule has 1 aromatic heterocycles. The van der Waals surface area contributed by atoms with Gasteiger partial charge in [0, 0.05) is 0 Å². The van der Waals surface area contributed by atoms with Gasteiger partial charge in [-0.05, 0) is 0 Å². The number of aliphatic hydroxyl groups excluding tert-OH is 3. The van der Waals surface area contributed by atoms with Gasteiger partial charge in [0.15, 0.2) is 11.8 Å². The minimum Gasteiger partial charge on any atom is -0.392 e. The van der Waals surface area contributed by atoms with E-state index in [1.54, 1.807) is 4.98 Å². The molecule has 8 nitrogen and oxygen atoms in total. The van der Waals surface area contributed by atoms with Crippen LogP contribution in [0.2, 0.25) is 0 Å². The first-order valence-corrected chi connectivity index (χ1v) is 5.50. The number of terminal acetylenes is 1. The summed E-state index contributed by atoms with van der Waals surface area (Å²) in [6, 6.07) is 0. The van der Waals surface area contributed by atoms with Crippen molar-refractivity contribution in [1.29, 1.82) is 0 Å². The average molecular weight is 286 g/mol. The van der Waals surface area contributed by atoms with Crippen LogP contribution in [0, 0.1) is 18.2 Å². The summed E-state index contributed by atoms with van der Waals surface area (Å²) in [6.07, 6.45) is 0.726. The van der Waals surface area contributed by atoms with Crippen LogP contribution < -0.4 is 11.2 Å².